The number of morpholine rings is 1. The van der Waals surface area contributed by atoms with Crippen molar-refractivity contribution in [3.05, 3.63) is 35.9 Å². The Morgan fingerprint density at radius 3 is 2.90 bits per heavy atom. The molecule has 1 aromatic carbocycles. The summed E-state index contributed by atoms with van der Waals surface area (Å²) >= 11 is 0. The first-order chi connectivity index (χ1) is 9.68. The summed E-state index contributed by atoms with van der Waals surface area (Å²) in [6, 6.07) is 10.6. The Balaban J connectivity index is 1.74. The fourth-order valence-corrected chi connectivity index (χ4v) is 2.47. The summed E-state index contributed by atoms with van der Waals surface area (Å²) in [6.45, 7) is 6.87. The summed E-state index contributed by atoms with van der Waals surface area (Å²) in [5, 5.41) is 3.01. The highest BCUT2D eigenvalue weighted by atomic mass is 16.5. The number of nitrogens with one attached hydrogen (secondary N) is 1. The Kier molecular flexibility index (Phi) is 5.41. The van der Waals surface area contributed by atoms with Crippen molar-refractivity contribution in [3.8, 4) is 0 Å². The van der Waals surface area contributed by atoms with E-state index in [0.29, 0.717) is 32.2 Å². The molecule has 0 aliphatic carbocycles. The normalized spacial score (nSPS) is 20.5. The first kappa shape index (κ1) is 14.9. The minimum Gasteiger partial charge on any atom is -0.377 e. The van der Waals surface area contributed by atoms with Crippen LogP contribution in [0.3, 0.4) is 0 Å². The number of ether oxygens (including phenoxy) is 1. The molecular formula is C16H24N2O2. The van der Waals surface area contributed by atoms with Gasteiger partial charge in [0.15, 0.2) is 0 Å². The lowest BCUT2D eigenvalue weighted by molar-refractivity contribution is 0.0190. The van der Waals surface area contributed by atoms with E-state index >= 15 is 0 Å². The van der Waals surface area contributed by atoms with Crippen LogP contribution in [0, 0.1) is 0 Å². The fourth-order valence-electron chi connectivity index (χ4n) is 2.47. The van der Waals surface area contributed by atoms with Gasteiger partial charge in [0.1, 0.15) is 0 Å². The van der Waals surface area contributed by atoms with Crippen molar-refractivity contribution < 1.29 is 9.53 Å². The first-order valence-electron chi connectivity index (χ1n) is 7.35. The summed E-state index contributed by atoms with van der Waals surface area (Å²) in [4.78, 5) is 13.9. The Hall–Kier alpha value is -1.55. The van der Waals surface area contributed by atoms with Crippen molar-refractivity contribution in [2.45, 2.75) is 32.2 Å². The van der Waals surface area contributed by atoms with Gasteiger partial charge in [-0.25, -0.2) is 4.79 Å². The molecule has 1 aliphatic heterocycles. The minimum atomic E-state index is 0.0288. The van der Waals surface area contributed by atoms with Crippen LogP contribution >= 0.6 is 0 Å². The minimum absolute atomic E-state index is 0.0288. The molecule has 1 fully saturated rings. The van der Waals surface area contributed by atoms with Crippen LogP contribution in [0.5, 0.6) is 0 Å². The van der Waals surface area contributed by atoms with E-state index in [-0.39, 0.29) is 12.1 Å². The van der Waals surface area contributed by atoms with Crippen LogP contribution in [-0.2, 0) is 4.74 Å². The van der Waals surface area contributed by atoms with Crippen molar-refractivity contribution in [1.29, 1.82) is 0 Å². The van der Waals surface area contributed by atoms with Gasteiger partial charge in [0.05, 0.1) is 19.3 Å². The van der Waals surface area contributed by atoms with E-state index in [0.717, 1.165) is 6.42 Å². The van der Waals surface area contributed by atoms with E-state index in [1.54, 1.807) is 0 Å². The topological polar surface area (TPSA) is 41.6 Å². The number of benzene rings is 1. The van der Waals surface area contributed by atoms with Crippen LogP contribution in [0.15, 0.2) is 30.3 Å². The lowest BCUT2D eigenvalue weighted by Crippen LogP contribution is -2.51. The molecule has 110 valence electrons. The second-order valence-corrected chi connectivity index (χ2v) is 5.45. The number of rotatable bonds is 4. The van der Waals surface area contributed by atoms with Gasteiger partial charge in [0.25, 0.3) is 0 Å². The highest BCUT2D eigenvalue weighted by Crippen LogP contribution is 2.17. The van der Waals surface area contributed by atoms with Gasteiger partial charge in [-0.05, 0) is 24.8 Å². The van der Waals surface area contributed by atoms with E-state index in [4.69, 9.17) is 4.74 Å². The van der Waals surface area contributed by atoms with Gasteiger partial charge in [-0.2, -0.15) is 0 Å². The van der Waals surface area contributed by atoms with Gasteiger partial charge in [-0.15, -0.1) is 0 Å². The SMILES string of the molecule is CC(CCNC(=O)N1CCOCC1C)c1ccccc1. The number of carbonyl (C=O) groups is 1. The maximum Gasteiger partial charge on any atom is 0.317 e. The van der Waals surface area contributed by atoms with E-state index in [1.807, 2.05) is 17.9 Å². The summed E-state index contributed by atoms with van der Waals surface area (Å²) in [5.74, 6) is 0.457. The number of hydrogen-bond donors (Lipinski definition) is 1. The molecule has 1 N–H and O–H groups in total. The summed E-state index contributed by atoms with van der Waals surface area (Å²) in [5.41, 5.74) is 1.32. The second kappa shape index (κ2) is 7.29. The number of urea groups is 1. The zero-order valence-corrected chi connectivity index (χ0v) is 12.3. The molecule has 2 atom stereocenters. The van der Waals surface area contributed by atoms with E-state index in [2.05, 4.69) is 36.5 Å². The van der Waals surface area contributed by atoms with Crippen LogP contribution in [-0.4, -0.2) is 43.3 Å². The zero-order valence-electron chi connectivity index (χ0n) is 12.3. The number of carbonyl (C=O) groups excluding carboxylic acids is 1. The average Bonchev–Trinajstić information content (AvgIpc) is 2.48. The third-order valence-corrected chi connectivity index (χ3v) is 3.85. The van der Waals surface area contributed by atoms with E-state index < -0.39 is 0 Å². The highest BCUT2D eigenvalue weighted by molar-refractivity contribution is 5.74. The van der Waals surface area contributed by atoms with Crippen LogP contribution in [0.25, 0.3) is 0 Å². The number of hydrogen-bond acceptors (Lipinski definition) is 2. The predicted octanol–water partition coefficient (Wildman–Crippen LogP) is 2.61. The number of nitrogens with zero attached hydrogens (tertiary/aromatic N) is 1. The molecule has 2 unspecified atom stereocenters. The third kappa shape index (κ3) is 3.97. The van der Waals surface area contributed by atoms with Crippen LogP contribution in [0.2, 0.25) is 0 Å². The summed E-state index contributed by atoms with van der Waals surface area (Å²) in [6.07, 6.45) is 0.953. The molecule has 0 saturated carbocycles. The zero-order chi connectivity index (χ0) is 14.4. The lowest BCUT2D eigenvalue weighted by atomic mass is 9.98. The average molecular weight is 276 g/mol. The Morgan fingerprint density at radius 1 is 1.45 bits per heavy atom. The van der Waals surface area contributed by atoms with E-state index in [1.165, 1.54) is 5.56 Å². The van der Waals surface area contributed by atoms with Gasteiger partial charge in [0.2, 0.25) is 0 Å². The molecule has 4 nitrogen and oxygen atoms in total. The molecule has 0 aromatic heterocycles. The molecular weight excluding hydrogens is 252 g/mol. The quantitative estimate of drug-likeness (QED) is 0.918. The molecule has 20 heavy (non-hydrogen) atoms. The molecule has 2 amide bonds. The molecule has 0 spiro atoms. The van der Waals surface area contributed by atoms with Gasteiger partial charge in [-0.3, -0.25) is 0 Å². The van der Waals surface area contributed by atoms with Crippen molar-refractivity contribution in [1.82, 2.24) is 10.2 Å². The molecule has 0 bridgehead atoms. The van der Waals surface area contributed by atoms with Crippen molar-refractivity contribution in [2.24, 2.45) is 0 Å². The van der Waals surface area contributed by atoms with Crippen LogP contribution in [0.1, 0.15) is 31.7 Å². The lowest BCUT2D eigenvalue weighted by Gasteiger charge is -2.33. The van der Waals surface area contributed by atoms with Crippen LogP contribution in [0.4, 0.5) is 4.79 Å². The smallest absolute Gasteiger partial charge is 0.317 e. The first-order valence-corrected chi connectivity index (χ1v) is 7.35. The molecule has 4 heteroatoms. The summed E-state index contributed by atoms with van der Waals surface area (Å²) in [7, 11) is 0. The van der Waals surface area contributed by atoms with Crippen molar-refractivity contribution in [2.75, 3.05) is 26.3 Å². The maximum atomic E-state index is 12.1. The third-order valence-electron chi connectivity index (χ3n) is 3.85. The molecule has 1 saturated heterocycles. The van der Waals surface area contributed by atoms with Crippen molar-refractivity contribution >= 4 is 6.03 Å². The number of amides is 2. The van der Waals surface area contributed by atoms with E-state index in [9.17, 15) is 4.79 Å². The van der Waals surface area contributed by atoms with Crippen molar-refractivity contribution in [3.63, 3.8) is 0 Å². The largest absolute Gasteiger partial charge is 0.377 e. The molecule has 1 aromatic rings. The Bertz CT molecular complexity index is 422. The van der Waals surface area contributed by atoms with Gasteiger partial charge in [-0.1, -0.05) is 37.3 Å². The van der Waals surface area contributed by atoms with Gasteiger partial charge < -0.3 is 15.0 Å². The standard InChI is InChI=1S/C16H24N2O2/c1-13(15-6-4-3-5-7-15)8-9-17-16(19)18-10-11-20-12-14(18)2/h3-7,13-14H,8-12H2,1-2H3,(H,17,19). The molecule has 1 heterocycles. The molecule has 1 aliphatic rings. The Morgan fingerprint density at radius 2 is 2.20 bits per heavy atom. The highest BCUT2D eigenvalue weighted by Gasteiger charge is 2.23. The summed E-state index contributed by atoms with van der Waals surface area (Å²) < 4.78 is 5.34. The molecule has 0 radical (unpaired) electrons. The fraction of sp³-hybridized carbons (Fsp3) is 0.562. The maximum absolute atomic E-state index is 12.1. The predicted molar refractivity (Wildman–Crippen MR) is 79.9 cm³/mol. The van der Waals surface area contributed by atoms with Gasteiger partial charge in [0, 0.05) is 13.1 Å². The monoisotopic (exact) mass is 276 g/mol. The second-order valence-electron chi connectivity index (χ2n) is 5.45. The molecule has 2 rings (SSSR count). The van der Waals surface area contributed by atoms with Crippen LogP contribution < -0.4 is 5.32 Å². The Labute approximate surface area is 121 Å². The van der Waals surface area contributed by atoms with Gasteiger partial charge >= 0.3 is 6.03 Å².